The van der Waals surface area contributed by atoms with Crippen molar-refractivity contribution in [2.24, 2.45) is 0 Å². The van der Waals surface area contributed by atoms with Gasteiger partial charge in [-0.2, -0.15) is 11.8 Å². The summed E-state index contributed by atoms with van der Waals surface area (Å²) in [5.74, 6) is 2.34. The van der Waals surface area contributed by atoms with Gasteiger partial charge in [-0.25, -0.2) is 4.79 Å². The molecule has 1 aliphatic rings. The Morgan fingerprint density at radius 2 is 2.62 bits per heavy atom. The van der Waals surface area contributed by atoms with Crippen LogP contribution in [0.3, 0.4) is 0 Å². The second kappa shape index (κ2) is 6.10. The van der Waals surface area contributed by atoms with Crippen molar-refractivity contribution in [1.29, 1.82) is 0 Å². The predicted octanol–water partition coefficient (Wildman–Crippen LogP) is 0.438. The normalized spacial score (nSPS) is 22.4. The quantitative estimate of drug-likeness (QED) is 0.700. The van der Waals surface area contributed by atoms with Crippen molar-refractivity contribution in [3.05, 3.63) is 0 Å². The summed E-state index contributed by atoms with van der Waals surface area (Å²) in [7, 11) is 1.38. The van der Waals surface area contributed by atoms with E-state index in [0.29, 0.717) is 12.6 Å². The van der Waals surface area contributed by atoms with Gasteiger partial charge in [0.25, 0.3) is 0 Å². The van der Waals surface area contributed by atoms with Crippen LogP contribution in [0.25, 0.3) is 0 Å². The van der Waals surface area contributed by atoms with Crippen molar-refractivity contribution in [3.8, 4) is 0 Å². The Kier molecular flexibility index (Phi) is 5.00. The Labute approximate surface area is 82.8 Å². The minimum atomic E-state index is -0.344. The molecule has 1 saturated heterocycles. The fourth-order valence-electron chi connectivity index (χ4n) is 1.23. The van der Waals surface area contributed by atoms with Gasteiger partial charge in [0.2, 0.25) is 0 Å². The third-order valence-corrected chi connectivity index (χ3v) is 3.08. The molecule has 1 fully saturated rings. The van der Waals surface area contributed by atoms with Gasteiger partial charge in [-0.05, 0) is 6.42 Å². The first-order valence-corrected chi connectivity index (χ1v) is 5.61. The molecule has 0 aromatic heterocycles. The fraction of sp³-hybridized carbons (Fsp3) is 0.875. The lowest BCUT2D eigenvalue weighted by Gasteiger charge is -2.22. The minimum absolute atomic E-state index is 0.344. The number of amides is 1. The second-order valence-electron chi connectivity index (χ2n) is 2.93. The van der Waals surface area contributed by atoms with Gasteiger partial charge in [0.15, 0.2) is 0 Å². The van der Waals surface area contributed by atoms with E-state index in [1.165, 1.54) is 12.9 Å². The Hall–Kier alpha value is -0.420. The van der Waals surface area contributed by atoms with Crippen LogP contribution in [0.1, 0.15) is 6.42 Å². The van der Waals surface area contributed by atoms with E-state index in [1.54, 1.807) is 0 Å². The smallest absolute Gasteiger partial charge is 0.406 e. The second-order valence-corrected chi connectivity index (χ2v) is 4.08. The molecule has 76 valence electrons. The first-order valence-electron chi connectivity index (χ1n) is 4.46. The number of hydrogen-bond acceptors (Lipinski definition) is 4. The molecule has 0 aliphatic carbocycles. The molecule has 1 amide bonds. The van der Waals surface area contributed by atoms with Gasteiger partial charge < -0.3 is 15.4 Å². The summed E-state index contributed by atoms with van der Waals surface area (Å²) in [5, 5.41) is 6.07. The average molecular weight is 204 g/mol. The monoisotopic (exact) mass is 204 g/mol. The lowest BCUT2D eigenvalue weighted by molar-refractivity contribution is 0.170. The highest BCUT2D eigenvalue weighted by atomic mass is 32.2. The topological polar surface area (TPSA) is 50.4 Å². The van der Waals surface area contributed by atoms with Crippen LogP contribution in [0.2, 0.25) is 0 Å². The number of hydrogen-bond donors (Lipinski definition) is 2. The Morgan fingerprint density at radius 1 is 1.77 bits per heavy atom. The molecule has 1 aliphatic heterocycles. The van der Waals surface area contributed by atoms with Crippen LogP contribution in [0.4, 0.5) is 4.79 Å². The molecule has 5 heteroatoms. The van der Waals surface area contributed by atoms with E-state index < -0.39 is 0 Å². The summed E-state index contributed by atoms with van der Waals surface area (Å²) >= 11 is 1.96. The highest BCUT2D eigenvalue weighted by molar-refractivity contribution is 7.99. The predicted molar refractivity (Wildman–Crippen MR) is 54.1 cm³/mol. The van der Waals surface area contributed by atoms with Crippen LogP contribution < -0.4 is 10.6 Å². The van der Waals surface area contributed by atoms with Crippen molar-refractivity contribution < 1.29 is 9.53 Å². The van der Waals surface area contributed by atoms with E-state index in [4.69, 9.17) is 0 Å². The highest BCUT2D eigenvalue weighted by Gasteiger charge is 2.12. The summed E-state index contributed by atoms with van der Waals surface area (Å²) in [6, 6.07) is 0.538. The zero-order valence-electron chi connectivity index (χ0n) is 7.84. The number of carbonyl (C=O) groups is 1. The van der Waals surface area contributed by atoms with Crippen LogP contribution in [0.15, 0.2) is 0 Å². The van der Waals surface area contributed by atoms with Gasteiger partial charge in [-0.15, -0.1) is 0 Å². The first kappa shape index (κ1) is 10.7. The van der Waals surface area contributed by atoms with Crippen molar-refractivity contribution in [3.63, 3.8) is 0 Å². The number of alkyl carbamates (subject to hydrolysis) is 1. The summed E-state index contributed by atoms with van der Waals surface area (Å²) in [6.07, 6.45) is 0.630. The summed E-state index contributed by atoms with van der Waals surface area (Å²) in [6.45, 7) is 1.76. The largest absolute Gasteiger partial charge is 0.453 e. The fourth-order valence-corrected chi connectivity index (χ4v) is 2.22. The zero-order chi connectivity index (χ0) is 9.52. The molecule has 0 spiro atoms. The van der Waals surface area contributed by atoms with Crippen LogP contribution in [-0.2, 0) is 4.74 Å². The van der Waals surface area contributed by atoms with E-state index in [9.17, 15) is 4.79 Å². The minimum Gasteiger partial charge on any atom is -0.453 e. The van der Waals surface area contributed by atoms with Crippen molar-refractivity contribution in [2.75, 3.05) is 31.7 Å². The standard InChI is InChI=1S/C8H16N2O2S/c1-12-8(11)10-3-2-7-6-13-5-4-9-7/h7,9H,2-6H2,1H3,(H,10,11). The molecule has 1 unspecified atom stereocenters. The SMILES string of the molecule is COC(=O)NCCC1CSCCN1. The Morgan fingerprint density at radius 3 is 3.23 bits per heavy atom. The number of ether oxygens (including phenoxy) is 1. The molecule has 4 nitrogen and oxygen atoms in total. The molecule has 0 radical (unpaired) electrons. The molecular formula is C8H16N2O2S. The number of methoxy groups -OCH3 is 1. The molecule has 0 aromatic carbocycles. The third kappa shape index (κ3) is 4.38. The maximum atomic E-state index is 10.7. The lowest BCUT2D eigenvalue weighted by Crippen LogP contribution is -2.40. The third-order valence-electron chi connectivity index (χ3n) is 1.95. The number of nitrogens with one attached hydrogen (secondary N) is 2. The lowest BCUT2D eigenvalue weighted by atomic mass is 10.2. The summed E-state index contributed by atoms with van der Waals surface area (Å²) in [4.78, 5) is 10.7. The molecule has 0 saturated carbocycles. The molecule has 0 aromatic rings. The van der Waals surface area contributed by atoms with Crippen molar-refractivity contribution >= 4 is 17.9 Å². The molecule has 0 bridgehead atoms. The van der Waals surface area contributed by atoms with Gasteiger partial charge in [0.1, 0.15) is 0 Å². The van der Waals surface area contributed by atoms with Crippen molar-refractivity contribution in [1.82, 2.24) is 10.6 Å². The first-order chi connectivity index (χ1) is 6.33. The molecule has 1 rings (SSSR count). The maximum absolute atomic E-state index is 10.7. The van der Waals surface area contributed by atoms with Crippen LogP contribution in [0.5, 0.6) is 0 Å². The molecule has 1 atom stereocenters. The van der Waals surface area contributed by atoms with E-state index in [1.807, 2.05) is 11.8 Å². The summed E-state index contributed by atoms with van der Waals surface area (Å²) in [5.41, 5.74) is 0. The number of carbonyl (C=O) groups excluding carboxylic acids is 1. The van der Waals surface area contributed by atoms with Crippen LogP contribution in [-0.4, -0.2) is 43.8 Å². The van der Waals surface area contributed by atoms with E-state index in [2.05, 4.69) is 15.4 Å². The summed E-state index contributed by atoms with van der Waals surface area (Å²) < 4.78 is 4.46. The molecule has 13 heavy (non-hydrogen) atoms. The Bertz CT molecular complexity index is 160. The maximum Gasteiger partial charge on any atom is 0.406 e. The van der Waals surface area contributed by atoms with Gasteiger partial charge in [0, 0.05) is 30.6 Å². The molecular weight excluding hydrogens is 188 g/mol. The van der Waals surface area contributed by atoms with Gasteiger partial charge >= 0.3 is 6.09 Å². The van der Waals surface area contributed by atoms with Crippen LogP contribution in [0, 0.1) is 0 Å². The average Bonchev–Trinajstić information content (AvgIpc) is 2.19. The van der Waals surface area contributed by atoms with Crippen molar-refractivity contribution in [2.45, 2.75) is 12.5 Å². The number of thioether (sulfide) groups is 1. The van der Waals surface area contributed by atoms with Gasteiger partial charge in [-0.1, -0.05) is 0 Å². The number of rotatable bonds is 3. The van der Waals surface area contributed by atoms with E-state index >= 15 is 0 Å². The molecule has 1 heterocycles. The van der Waals surface area contributed by atoms with E-state index in [-0.39, 0.29) is 6.09 Å². The molecule has 2 N–H and O–H groups in total. The Balaban J connectivity index is 2.01. The van der Waals surface area contributed by atoms with Gasteiger partial charge in [-0.3, -0.25) is 0 Å². The van der Waals surface area contributed by atoms with Gasteiger partial charge in [0.05, 0.1) is 7.11 Å². The van der Waals surface area contributed by atoms with Crippen LogP contribution >= 0.6 is 11.8 Å². The zero-order valence-corrected chi connectivity index (χ0v) is 8.65. The van der Waals surface area contributed by atoms with E-state index in [0.717, 1.165) is 18.7 Å². The highest BCUT2D eigenvalue weighted by Crippen LogP contribution is 2.09.